The van der Waals surface area contributed by atoms with Gasteiger partial charge in [0.15, 0.2) is 0 Å². The first-order valence-electron chi connectivity index (χ1n) is 3.82. The van der Waals surface area contributed by atoms with Crippen molar-refractivity contribution in [1.82, 2.24) is 4.72 Å². The molecule has 9 heteroatoms. The summed E-state index contributed by atoms with van der Waals surface area (Å²) in [5.41, 5.74) is 0. The zero-order valence-electron chi connectivity index (χ0n) is 7.81. The number of alkyl halides is 2. The Balaban J connectivity index is 4.48. The predicted molar refractivity (Wildman–Crippen MR) is 52.5 cm³/mol. The van der Waals surface area contributed by atoms with Gasteiger partial charge in [0.05, 0.1) is 0 Å². The molecule has 0 aliphatic rings. The standard InChI is InChI=1S/C6H11F2NO4S2/c1-14-3-2-4(5(10)11)9-15(12,13)6(7)8/h4,6,9H,2-3H2,1H3,(H,10,11). The second-order valence-electron chi connectivity index (χ2n) is 2.60. The van der Waals surface area contributed by atoms with E-state index < -0.39 is 27.8 Å². The summed E-state index contributed by atoms with van der Waals surface area (Å²) in [6.07, 6.45) is 1.66. The van der Waals surface area contributed by atoms with Gasteiger partial charge in [0, 0.05) is 0 Å². The molecule has 0 rings (SSSR count). The molecule has 0 aromatic rings. The fraction of sp³-hybridized carbons (Fsp3) is 0.833. The first kappa shape index (κ1) is 14.6. The van der Waals surface area contributed by atoms with E-state index in [4.69, 9.17) is 5.11 Å². The van der Waals surface area contributed by atoms with Gasteiger partial charge in [0.25, 0.3) is 10.0 Å². The average molecular weight is 263 g/mol. The van der Waals surface area contributed by atoms with E-state index in [1.807, 2.05) is 0 Å². The molecule has 0 spiro atoms. The molecule has 0 heterocycles. The lowest BCUT2D eigenvalue weighted by molar-refractivity contribution is -0.139. The molecule has 0 aromatic carbocycles. The number of thioether (sulfide) groups is 1. The van der Waals surface area contributed by atoms with Gasteiger partial charge in [-0.15, -0.1) is 0 Å². The fourth-order valence-corrected chi connectivity index (χ4v) is 1.91. The molecular weight excluding hydrogens is 252 g/mol. The number of carboxylic acid groups (broad SMARTS) is 1. The predicted octanol–water partition coefficient (Wildman–Crippen LogP) is 0.335. The van der Waals surface area contributed by atoms with Gasteiger partial charge in [0.1, 0.15) is 6.04 Å². The number of hydrogen-bond acceptors (Lipinski definition) is 4. The largest absolute Gasteiger partial charge is 0.480 e. The minimum Gasteiger partial charge on any atom is -0.480 e. The number of carbonyl (C=O) groups is 1. The molecule has 0 fully saturated rings. The van der Waals surface area contributed by atoms with E-state index in [0.717, 1.165) is 0 Å². The summed E-state index contributed by atoms with van der Waals surface area (Å²) in [5, 5.41) is 8.56. The Bertz CT molecular complexity index is 306. The third-order valence-corrected chi connectivity index (χ3v) is 3.18. The van der Waals surface area contributed by atoms with Crippen molar-refractivity contribution >= 4 is 27.8 Å². The molecule has 1 atom stereocenters. The van der Waals surface area contributed by atoms with Crippen molar-refractivity contribution in [3.63, 3.8) is 0 Å². The Labute approximate surface area is 90.3 Å². The Morgan fingerprint density at radius 1 is 1.53 bits per heavy atom. The molecule has 0 radical (unpaired) electrons. The minimum absolute atomic E-state index is 0.0392. The summed E-state index contributed by atoms with van der Waals surface area (Å²) < 4.78 is 46.6. The van der Waals surface area contributed by atoms with E-state index in [1.165, 1.54) is 16.5 Å². The Morgan fingerprint density at radius 2 is 2.07 bits per heavy atom. The van der Waals surface area contributed by atoms with Crippen molar-refractivity contribution in [3.8, 4) is 0 Å². The number of sulfonamides is 1. The Hall–Kier alpha value is -0.410. The van der Waals surface area contributed by atoms with Gasteiger partial charge in [-0.05, 0) is 18.4 Å². The van der Waals surface area contributed by atoms with Crippen LogP contribution in [-0.2, 0) is 14.8 Å². The molecule has 5 nitrogen and oxygen atoms in total. The lowest BCUT2D eigenvalue weighted by atomic mass is 10.2. The number of hydrogen-bond donors (Lipinski definition) is 2. The van der Waals surface area contributed by atoms with E-state index in [0.29, 0.717) is 5.75 Å². The van der Waals surface area contributed by atoms with E-state index in [9.17, 15) is 22.0 Å². The van der Waals surface area contributed by atoms with Crippen molar-refractivity contribution < 1.29 is 27.1 Å². The van der Waals surface area contributed by atoms with Crippen LogP contribution in [0.2, 0.25) is 0 Å². The summed E-state index contributed by atoms with van der Waals surface area (Å²) in [6.45, 7) is 0. The quantitative estimate of drug-likeness (QED) is 0.692. The van der Waals surface area contributed by atoms with Crippen molar-refractivity contribution in [1.29, 1.82) is 0 Å². The lowest BCUT2D eigenvalue weighted by Crippen LogP contribution is -2.43. The molecule has 0 saturated carbocycles. The van der Waals surface area contributed by atoms with Gasteiger partial charge < -0.3 is 5.11 Å². The maximum Gasteiger partial charge on any atom is 0.350 e. The second-order valence-corrected chi connectivity index (χ2v) is 5.26. The Kier molecular flexibility index (Phi) is 6.06. The summed E-state index contributed by atoms with van der Waals surface area (Å²) >= 11 is 1.30. The van der Waals surface area contributed by atoms with Crippen LogP contribution in [0, 0.1) is 0 Å². The monoisotopic (exact) mass is 263 g/mol. The molecule has 1 unspecified atom stereocenters. The highest BCUT2D eigenvalue weighted by molar-refractivity contribution is 7.98. The zero-order valence-corrected chi connectivity index (χ0v) is 9.45. The van der Waals surface area contributed by atoms with Gasteiger partial charge in [-0.2, -0.15) is 25.3 Å². The van der Waals surface area contributed by atoms with Crippen LogP contribution in [0.3, 0.4) is 0 Å². The van der Waals surface area contributed by atoms with Crippen LogP contribution in [0.1, 0.15) is 6.42 Å². The van der Waals surface area contributed by atoms with Gasteiger partial charge >= 0.3 is 11.7 Å². The van der Waals surface area contributed by atoms with Crippen LogP contribution in [0.25, 0.3) is 0 Å². The summed E-state index contributed by atoms with van der Waals surface area (Å²) in [7, 11) is -4.85. The van der Waals surface area contributed by atoms with E-state index in [1.54, 1.807) is 6.26 Å². The van der Waals surface area contributed by atoms with Crippen LogP contribution in [0.15, 0.2) is 0 Å². The van der Waals surface area contributed by atoms with Crippen molar-refractivity contribution in [2.75, 3.05) is 12.0 Å². The van der Waals surface area contributed by atoms with Crippen molar-refractivity contribution in [3.05, 3.63) is 0 Å². The highest BCUT2D eigenvalue weighted by Gasteiger charge is 2.30. The fourth-order valence-electron chi connectivity index (χ4n) is 0.718. The zero-order chi connectivity index (χ0) is 12.1. The molecule has 15 heavy (non-hydrogen) atoms. The average Bonchev–Trinajstić information content (AvgIpc) is 2.11. The summed E-state index contributed by atoms with van der Waals surface area (Å²) in [4.78, 5) is 10.5. The van der Waals surface area contributed by atoms with Gasteiger partial charge in [-0.25, -0.2) is 8.42 Å². The normalized spacial score (nSPS) is 14.1. The maximum absolute atomic E-state index is 11.9. The highest BCUT2D eigenvalue weighted by atomic mass is 32.2. The third-order valence-electron chi connectivity index (χ3n) is 1.45. The highest BCUT2D eigenvalue weighted by Crippen LogP contribution is 2.07. The van der Waals surface area contributed by atoms with Gasteiger partial charge in [-0.1, -0.05) is 0 Å². The van der Waals surface area contributed by atoms with E-state index in [-0.39, 0.29) is 6.42 Å². The first-order chi connectivity index (χ1) is 6.81. The molecule has 90 valence electrons. The minimum atomic E-state index is -4.85. The van der Waals surface area contributed by atoms with Crippen molar-refractivity contribution in [2.24, 2.45) is 0 Å². The topological polar surface area (TPSA) is 83.5 Å². The number of carboxylic acids is 1. The molecule has 0 aliphatic heterocycles. The molecule has 0 bridgehead atoms. The van der Waals surface area contributed by atoms with Gasteiger partial charge in [0.2, 0.25) is 0 Å². The molecule has 0 saturated heterocycles. The molecular formula is C6H11F2NO4S2. The first-order valence-corrected chi connectivity index (χ1v) is 6.76. The maximum atomic E-state index is 11.9. The van der Waals surface area contributed by atoms with Crippen molar-refractivity contribution in [2.45, 2.75) is 18.2 Å². The number of nitrogens with one attached hydrogen (secondary N) is 1. The third kappa shape index (κ3) is 5.28. The summed E-state index contributed by atoms with van der Waals surface area (Å²) in [6, 6.07) is -1.50. The molecule has 0 amide bonds. The van der Waals surface area contributed by atoms with Crippen LogP contribution in [0.4, 0.5) is 8.78 Å². The number of rotatable bonds is 7. The van der Waals surface area contributed by atoms with Crippen LogP contribution >= 0.6 is 11.8 Å². The van der Waals surface area contributed by atoms with E-state index in [2.05, 4.69) is 0 Å². The molecule has 2 N–H and O–H groups in total. The smallest absolute Gasteiger partial charge is 0.350 e. The molecule has 0 aliphatic carbocycles. The number of halogens is 2. The van der Waals surface area contributed by atoms with E-state index >= 15 is 0 Å². The molecule has 0 aromatic heterocycles. The van der Waals surface area contributed by atoms with Gasteiger partial charge in [-0.3, -0.25) is 4.79 Å². The van der Waals surface area contributed by atoms with Crippen LogP contribution in [-0.4, -0.2) is 43.3 Å². The summed E-state index contributed by atoms with van der Waals surface area (Å²) in [5.74, 6) is -4.72. The Morgan fingerprint density at radius 3 is 2.40 bits per heavy atom. The second kappa shape index (κ2) is 6.23. The number of aliphatic carboxylic acids is 1. The van der Waals surface area contributed by atoms with Crippen LogP contribution < -0.4 is 4.72 Å². The SMILES string of the molecule is CSCCC(NS(=O)(=O)C(F)F)C(=O)O. The lowest BCUT2D eigenvalue weighted by Gasteiger charge is -2.13. The van der Waals surface area contributed by atoms with Crippen LogP contribution in [0.5, 0.6) is 0 Å².